The molecular formula is C12H27B. The second-order valence-electron chi connectivity index (χ2n) is 4.73. The van der Waals surface area contributed by atoms with Crippen LogP contribution in [0.3, 0.4) is 0 Å². The Kier molecular flexibility index (Phi) is 8.70. The Labute approximate surface area is 85.9 Å². The SMILES string of the molecule is BC(CCC)CC(C)CCCCC. The lowest BCUT2D eigenvalue weighted by Gasteiger charge is -2.16. The van der Waals surface area contributed by atoms with Gasteiger partial charge in [-0.3, -0.25) is 0 Å². The molecule has 0 spiro atoms. The van der Waals surface area contributed by atoms with Gasteiger partial charge in [-0.15, -0.1) is 0 Å². The Bertz CT molecular complexity index is 101. The van der Waals surface area contributed by atoms with Crippen molar-refractivity contribution in [2.24, 2.45) is 5.92 Å². The summed E-state index contributed by atoms with van der Waals surface area (Å²) >= 11 is 0. The van der Waals surface area contributed by atoms with Crippen molar-refractivity contribution in [3.8, 4) is 0 Å². The minimum Gasteiger partial charge on any atom is -0.0695 e. The Morgan fingerprint density at radius 1 is 1.00 bits per heavy atom. The van der Waals surface area contributed by atoms with Crippen LogP contribution in [0.5, 0.6) is 0 Å². The van der Waals surface area contributed by atoms with E-state index in [4.69, 9.17) is 0 Å². The fraction of sp³-hybridized carbons (Fsp3) is 1.00. The standard InChI is InChI=1S/C12H27B/c1-4-6-7-9-11(3)10-12(13)8-5-2/h11-12H,4-10,13H2,1-3H3. The molecule has 2 atom stereocenters. The molecule has 1 heteroatoms. The monoisotopic (exact) mass is 182 g/mol. The highest BCUT2D eigenvalue weighted by atomic mass is 14.1. The van der Waals surface area contributed by atoms with Crippen LogP contribution in [0.15, 0.2) is 0 Å². The van der Waals surface area contributed by atoms with Gasteiger partial charge in [-0.05, 0) is 5.92 Å². The predicted octanol–water partition coefficient (Wildman–Crippen LogP) is 3.81. The van der Waals surface area contributed by atoms with Crippen LogP contribution in [0, 0.1) is 5.92 Å². The molecule has 0 aromatic carbocycles. The molecule has 13 heavy (non-hydrogen) atoms. The van der Waals surface area contributed by atoms with E-state index in [9.17, 15) is 0 Å². The molecule has 0 aliphatic heterocycles. The van der Waals surface area contributed by atoms with Crippen LogP contribution in [0.4, 0.5) is 0 Å². The molecule has 0 fully saturated rings. The summed E-state index contributed by atoms with van der Waals surface area (Å²) in [5.74, 6) is 1.90. The number of hydrogen-bond acceptors (Lipinski definition) is 0. The van der Waals surface area contributed by atoms with Crippen molar-refractivity contribution in [2.75, 3.05) is 0 Å². The van der Waals surface area contributed by atoms with Crippen LogP contribution in [-0.4, -0.2) is 7.85 Å². The molecule has 0 heterocycles. The summed E-state index contributed by atoms with van der Waals surface area (Å²) in [6.07, 6.45) is 9.88. The summed E-state index contributed by atoms with van der Waals surface area (Å²) in [4.78, 5) is 0. The minimum atomic E-state index is 0.946. The first-order chi connectivity index (χ1) is 6.20. The molecule has 2 unspecified atom stereocenters. The second kappa shape index (κ2) is 8.65. The van der Waals surface area contributed by atoms with Gasteiger partial charge in [-0.1, -0.05) is 71.5 Å². The quantitative estimate of drug-likeness (QED) is 0.395. The van der Waals surface area contributed by atoms with Crippen LogP contribution >= 0.6 is 0 Å². The van der Waals surface area contributed by atoms with Crippen molar-refractivity contribution >= 4 is 7.85 Å². The van der Waals surface area contributed by atoms with Gasteiger partial charge < -0.3 is 0 Å². The summed E-state index contributed by atoms with van der Waals surface area (Å²) in [5.41, 5.74) is 0. The van der Waals surface area contributed by atoms with Crippen molar-refractivity contribution in [3.05, 3.63) is 0 Å². The van der Waals surface area contributed by atoms with E-state index >= 15 is 0 Å². The zero-order chi connectivity index (χ0) is 10.1. The Morgan fingerprint density at radius 3 is 2.23 bits per heavy atom. The molecule has 0 saturated carbocycles. The lowest BCUT2D eigenvalue weighted by molar-refractivity contribution is 0.442. The van der Waals surface area contributed by atoms with E-state index in [1.807, 2.05) is 0 Å². The average molecular weight is 182 g/mol. The van der Waals surface area contributed by atoms with Crippen LogP contribution in [0.2, 0.25) is 5.82 Å². The zero-order valence-electron chi connectivity index (χ0n) is 10.1. The molecule has 0 saturated heterocycles. The van der Waals surface area contributed by atoms with Gasteiger partial charge in [0.1, 0.15) is 7.85 Å². The summed E-state index contributed by atoms with van der Waals surface area (Å²) < 4.78 is 0. The van der Waals surface area contributed by atoms with Gasteiger partial charge >= 0.3 is 0 Å². The lowest BCUT2D eigenvalue weighted by atomic mass is 9.76. The molecule has 0 bridgehead atoms. The van der Waals surface area contributed by atoms with E-state index in [1.54, 1.807) is 0 Å². The molecule has 78 valence electrons. The highest BCUT2D eigenvalue weighted by Crippen LogP contribution is 2.23. The first-order valence-electron chi connectivity index (χ1n) is 6.20. The number of rotatable bonds is 8. The maximum atomic E-state index is 2.42. The minimum absolute atomic E-state index is 0.946. The summed E-state index contributed by atoms with van der Waals surface area (Å²) in [6, 6.07) is 0. The van der Waals surface area contributed by atoms with E-state index in [0.717, 1.165) is 11.7 Å². The van der Waals surface area contributed by atoms with Gasteiger partial charge in [0.05, 0.1) is 0 Å². The molecule has 0 rings (SSSR count). The van der Waals surface area contributed by atoms with Crippen LogP contribution in [0.1, 0.15) is 65.7 Å². The molecule has 0 aromatic heterocycles. The van der Waals surface area contributed by atoms with Crippen molar-refractivity contribution in [2.45, 2.75) is 71.5 Å². The fourth-order valence-electron chi connectivity index (χ4n) is 2.16. The average Bonchev–Trinajstić information content (AvgIpc) is 2.05. The molecule has 0 aliphatic carbocycles. The van der Waals surface area contributed by atoms with E-state index < -0.39 is 0 Å². The number of hydrogen-bond donors (Lipinski definition) is 0. The van der Waals surface area contributed by atoms with E-state index in [1.165, 1.54) is 44.9 Å². The van der Waals surface area contributed by atoms with E-state index in [2.05, 4.69) is 28.6 Å². The van der Waals surface area contributed by atoms with E-state index in [-0.39, 0.29) is 0 Å². The fourth-order valence-corrected chi connectivity index (χ4v) is 2.16. The van der Waals surface area contributed by atoms with Crippen LogP contribution in [-0.2, 0) is 0 Å². The second-order valence-corrected chi connectivity index (χ2v) is 4.73. The molecule has 0 aliphatic rings. The first kappa shape index (κ1) is 13.1. The summed E-state index contributed by atoms with van der Waals surface area (Å²) in [7, 11) is 2.40. The lowest BCUT2D eigenvalue weighted by Crippen LogP contribution is -2.01. The van der Waals surface area contributed by atoms with Crippen molar-refractivity contribution in [1.82, 2.24) is 0 Å². The normalized spacial score (nSPS) is 15.6. The largest absolute Gasteiger partial charge is 0.105 e. The Hall–Kier alpha value is 0.0649. The highest BCUT2D eigenvalue weighted by Gasteiger charge is 2.07. The maximum Gasteiger partial charge on any atom is 0.105 e. The third kappa shape index (κ3) is 8.40. The molecule has 0 nitrogen and oxygen atoms in total. The van der Waals surface area contributed by atoms with Crippen LogP contribution < -0.4 is 0 Å². The summed E-state index contributed by atoms with van der Waals surface area (Å²) in [5, 5.41) is 0. The topological polar surface area (TPSA) is 0 Å². The maximum absolute atomic E-state index is 2.42. The van der Waals surface area contributed by atoms with Gasteiger partial charge in [-0.2, -0.15) is 0 Å². The Balaban J connectivity index is 3.32. The van der Waals surface area contributed by atoms with Gasteiger partial charge in [0.2, 0.25) is 0 Å². The smallest absolute Gasteiger partial charge is 0.0695 e. The van der Waals surface area contributed by atoms with Crippen molar-refractivity contribution < 1.29 is 0 Å². The van der Waals surface area contributed by atoms with E-state index in [0.29, 0.717) is 0 Å². The Morgan fingerprint density at radius 2 is 1.69 bits per heavy atom. The molecule has 0 aromatic rings. The van der Waals surface area contributed by atoms with Gasteiger partial charge in [-0.25, -0.2) is 0 Å². The van der Waals surface area contributed by atoms with Crippen molar-refractivity contribution in [1.29, 1.82) is 0 Å². The number of unbranched alkanes of at least 4 members (excludes halogenated alkanes) is 2. The zero-order valence-corrected chi connectivity index (χ0v) is 10.1. The van der Waals surface area contributed by atoms with Gasteiger partial charge in [0, 0.05) is 0 Å². The first-order valence-corrected chi connectivity index (χ1v) is 6.20. The third-order valence-corrected chi connectivity index (χ3v) is 2.89. The van der Waals surface area contributed by atoms with Crippen molar-refractivity contribution in [3.63, 3.8) is 0 Å². The third-order valence-electron chi connectivity index (χ3n) is 2.89. The highest BCUT2D eigenvalue weighted by molar-refractivity contribution is 6.11. The summed E-state index contributed by atoms with van der Waals surface area (Å²) in [6.45, 7) is 6.99. The van der Waals surface area contributed by atoms with Gasteiger partial charge in [0.25, 0.3) is 0 Å². The molecule has 0 amide bonds. The predicted molar refractivity (Wildman–Crippen MR) is 65.1 cm³/mol. The van der Waals surface area contributed by atoms with Gasteiger partial charge in [0.15, 0.2) is 0 Å². The molecular weight excluding hydrogens is 155 g/mol. The van der Waals surface area contributed by atoms with Crippen LogP contribution in [0.25, 0.3) is 0 Å². The molecule has 0 N–H and O–H groups in total. The molecule has 0 radical (unpaired) electrons.